The van der Waals surface area contributed by atoms with Crippen molar-refractivity contribution in [3.63, 3.8) is 0 Å². The average molecular weight is 338 g/mol. The second-order valence-electron chi connectivity index (χ2n) is 5.73. The summed E-state index contributed by atoms with van der Waals surface area (Å²) >= 11 is 0. The minimum atomic E-state index is -0.352. The van der Waals surface area contributed by atoms with Crippen LogP contribution in [0.4, 0.5) is 11.8 Å². The molecule has 0 saturated carbocycles. The Balaban J connectivity index is 1.82. The highest BCUT2D eigenvalue weighted by Gasteiger charge is 2.13. The molecule has 4 N–H and O–H groups in total. The second kappa shape index (κ2) is 6.68. The van der Waals surface area contributed by atoms with Crippen molar-refractivity contribution in [2.45, 2.75) is 19.3 Å². The highest BCUT2D eigenvalue weighted by Crippen LogP contribution is 2.22. The number of carbonyl (C=O) groups excluding carboxylic acids is 1. The molecule has 0 aliphatic carbocycles. The van der Waals surface area contributed by atoms with Gasteiger partial charge in [-0.25, -0.2) is 14.8 Å². The Bertz CT molecular complexity index is 926. The Labute approximate surface area is 144 Å². The molecule has 0 radical (unpaired) electrons. The van der Waals surface area contributed by atoms with Crippen molar-refractivity contribution in [2.75, 3.05) is 18.6 Å². The summed E-state index contributed by atoms with van der Waals surface area (Å²) < 4.78 is 4.70. The molecule has 1 atom stereocenters. The molecule has 0 saturated heterocycles. The van der Waals surface area contributed by atoms with Crippen molar-refractivity contribution < 1.29 is 9.53 Å². The molecule has 3 aromatic rings. The van der Waals surface area contributed by atoms with E-state index in [9.17, 15) is 4.79 Å². The third-order valence-electron chi connectivity index (χ3n) is 3.89. The lowest BCUT2D eigenvalue weighted by atomic mass is 9.97. The predicted octanol–water partition coefficient (Wildman–Crippen LogP) is 1.72. The van der Waals surface area contributed by atoms with Crippen molar-refractivity contribution in [3.05, 3.63) is 47.3 Å². The first kappa shape index (κ1) is 16.6. The molecule has 2 heterocycles. The molecule has 3 rings (SSSR count). The van der Waals surface area contributed by atoms with Crippen molar-refractivity contribution in [1.29, 1.82) is 0 Å². The minimum absolute atomic E-state index is 0.0748. The molecular weight excluding hydrogens is 320 g/mol. The van der Waals surface area contributed by atoms with Gasteiger partial charge >= 0.3 is 5.97 Å². The van der Waals surface area contributed by atoms with Gasteiger partial charge in [-0.05, 0) is 24.1 Å². The topological polar surface area (TPSA) is 130 Å². The van der Waals surface area contributed by atoms with E-state index in [1.165, 1.54) is 7.11 Å². The molecule has 8 heteroatoms. The van der Waals surface area contributed by atoms with Gasteiger partial charge in [0.25, 0.3) is 0 Å². The molecule has 0 aliphatic rings. The number of hydrogen-bond donors (Lipinski definition) is 2. The lowest BCUT2D eigenvalue weighted by Gasteiger charge is -2.12. The van der Waals surface area contributed by atoms with Crippen LogP contribution in [0.5, 0.6) is 0 Å². The van der Waals surface area contributed by atoms with Crippen LogP contribution in [0.1, 0.15) is 34.5 Å². The number of nitrogens with two attached hydrogens (primary N) is 2. The molecule has 128 valence electrons. The summed E-state index contributed by atoms with van der Waals surface area (Å²) in [5, 5.41) is 0. The lowest BCUT2D eigenvalue weighted by Crippen LogP contribution is -2.07. The van der Waals surface area contributed by atoms with Crippen molar-refractivity contribution >= 4 is 28.9 Å². The first-order valence-corrected chi connectivity index (χ1v) is 7.71. The summed E-state index contributed by atoms with van der Waals surface area (Å²) in [7, 11) is 1.36. The van der Waals surface area contributed by atoms with Crippen molar-refractivity contribution in [1.82, 2.24) is 19.9 Å². The number of nitrogens with zero attached hydrogens (tertiary/aromatic N) is 4. The minimum Gasteiger partial charge on any atom is -0.465 e. The predicted molar refractivity (Wildman–Crippen MR) is 93.9 cm³/mol. The molecule has 0 aliphatic heterocycles. The lowest BCUT2D eigenvalue weighted by molar-refractivity contribution is 0.0600. The van der Waals surface area contributed by atoms with E-state index in [2.05, 4.69) is 19.9 Å². The number of ether oxygens (including phenoxy) is 1. The Kier molecular flexibility index (Phi) is 4.42. The molecule has 0 fully saturated rings. The SMILES string of the molecule is COC(=O)c1ccc(CC(C)c2cnc3nc(N)nc(N)c3n2)cc1. The van der Waals surface area contributed by atoms with Gasteiger partial charge in [0.1, 0.15) is 0 Å². The fraction of sp³-hybridized carbons (Fsp3) is 0.235. The van der Waals surface area contributed by atoms with Gasteiger partial charge in [-0.3, -0.25) is 0 Å². The Morgan fingerprint density at radius 3 is 2.56 bits per heavy atom. The zero-order chi connectivity index (χ0) is 18.0. The summed E-state index contributed by atoms with van der Waals surface area (Å²) in [6.07, 6.45) is 2.40. The van der Waals surface area contributed by atoms with Crippen LogP contribution in [-0.4, -0.2) is 33.0 Å². The van der Waals surface area contributed by atoms with E-state index in [0.29, 0.717) is 16.7 Å². The second-order valence-corrected chi connectivity index (χ2v) is 5.73. The van der Waals surface area contributed by atoms with Gasteiger partial charge in [0.2, 0.25) is 5.95 Å². The van der Waals surface area contributed by atoms with E-state index in [1.807, 2.05) is 19.1 Å². The number of fused-ring (bicyclic) bond motifs is 1. The van der Waals surface area contributed by atoms with Gasteiger partial charge in [0, 0.05) is 5.92 Å². The average Bonchev–Trinajstić information content (AvgIpc) is 2.61. The van der Waals surface area contributed by atoms with E-state index in [4.69, 9.17) is 16.2 Å². The van der Waals surface area contributed by atoms with E-state index < -0.39 is 0 Å². The van der Waals surface area contributed by atoms with E-state index >= 15 is 0 Å². The van der Waals surface area contributed by atoms with Gasteiger partial charge in [0.05, 0.1) is 24.6 Å². The van der Waals surface area contributed by atoms with E-state index in [-0.39, 0.29) is 23.7 Å². The molecule has 25 heavy (non-hydrogen) atoms. The van der Waals surface area contributed by atoms with E-state index in [1.54, 1.807) is 18.3 Å². The van der Waals surface area contributed by atoms with Crippen LogP contribution in [0.25, 0.3) is 11.2 Å². The van der Waals surface area contributed by atoms with E-state index in [0.717, 1.165) is 17.7 Å². The Morgan fingerprint density at radius 2 is 1.88 bits per heavy atom. The number of aromatic nitrogens is 4. The van der Waals surface area contributed by atoms with Gasteiger partial charge in [-0.15, -0.1) is 0 Å². The van der Waals surface area contributed by atoms with Crippen LogP contribution in [0, 0.1) is 0 Å². The standard InChI is InChI=1S/C17H18N6O2/c1-9(7-10-3-5-11(6-4-10)16(24)25-2)12-8-20-15-13(21-12)14(18)22-17(19)23-15/h3-6,8-9H,7H2,1-2H3,(H4,18,19,20,22,23). The highest BCUT2D eigenvalue weighted by atomic mass is 16.5. The van der Waals surface area contributed by atoms with Gasteiger partial charge in [-0.2, -0.15) is 9.97 Å². The molecule has 0 amide bonds. The van der Waals surface area contributed by atoms with Crippen molar-refractivity contribution in [2.24, 2.45) is 0 Å². The summed E-state index contributed by atoms with van der Waals surface area (Å²) in [6, 6.07) is 7.29. The largest absolute Gasteiger partial charge is 0.465 e. The fourth-order valence-electron chi connectivity index (χ4n) is 2.55. The van der Waals surface area contributed by atoms with Gasteiger partial charge < -0.3 is 16.2 Å². The third-order valence-corrected chi connectivity index (χ3v) is 3.89. The first-order chi connectivity index (χ1) is 12.0. The number of rotatable bonds is 4. The van der Waals surface area contributed by atoms with Crippen LogP contribution in [0.3, 0.4) is 0 Å². The van der Waals surface area contributed by atoms with Crippen LogP contribution >= 0.6 is 0 Å². The van der Waals surface area contributed by atoms with Crippen molar-refractivity contribution in [3.8, 4) is 0 Å². The number of esters is 1. The number of benzene rings is 1. The zero-order valence-corrected chi connectivity index (χ0v) is 13.9. The molecule has 2 aromatic heterocycles. The maximum absolute atomic E-state index is 11.5. The monoisotopic (exact) mass is 338 g/mol. The number of nitrogen functional groups attached to an aromatic ring is 2. The normalized spacial score (nSPS) is 12.1. The van der Waals surface area contributed by atoms with Crippen LogP contribution in [0.2, 0.25) is 0 Å². The summed E-state index contributed by atoms with van der Waals surface area (Å²) in [5.41, 5.74) is 14.6. The fourth-order valence-corrected chi connectivity index (χ4v) is 2.55. The maximum atomic E-state index is 11.5. The molecular formula is C17H18N6O2. The molecule has 1 unspecified atom stereocenters. The summed E-state index contributed by atoms with van der Waals surface area (Å²) in [6.45, 7) is 2.04. The zero-order valence-electron chi connectivity index (χ0n) is 13.9. The van der Waals surface area contributed by atoms with Crippen LogP contribution < -0.4 is 11.5 Å². The quantitative estimate of drug-likeness (QED) is 0.688. The third kappa shape index (κ3) is 3.47. The van der Waals surface area contributed by atoms with Gasteiger partial charge in [-0.1, -0.05) is 19.1 Å². The summed E-state index contributed by atoms with van der Waals surface area (Å²) in [5.74, 6) is 0.0323. The van der Waals surface area contributed by atoms with Crippen LogP contribution in [-0.2, 0) is 11.2 Å². The van der Waals surface area contributed by atoms with Gasteiger partial charge in [0.15, 0.2) is 17.0 Å². The smallest absolute Gasteiger partial charge is 0.337 e. The summed E-state index contributed by atoms with van der Waals surface area (Å²) in [4.78, 5) is 28.2. The first-order valence-electron chi connectivity index (χ1n) is 7.71. The number of methoxy groups -OCH3 is 1. The number of hydrogen-bond acceptors (Lipinski definition) is 8. The molecule has 1 aromatic carbocycles. The number of carbonyl (C=O) groups is 1. The maximum Gasteiger partial charge on any atom is 0.337 e. The number of anilines is 2. The molecule has 8 nitrogen and oxygen atoms in total. The highest BCUT2D eigenvalue weighted by molar-refractivity contribution is 5.89. The molecule has 0 spiro atoms. The molecule has 0 bridgehead atoms. The Morgan fingerprint density at radius 1 is 1.16 bits per heavy atom. The van der Waals surface area contributed by atoms with Crippen LogP contribution in [0.15, 0.2) is 30.5 Å². The Hall–Kier alpha value is -3.29.